The van der Waals surface area contributed by atoms with Crippen LogP contribution in [-0.4, -0.2) is 11.1 Å². The molecule has 0 spiro atoms. The zero-order valence-electron chi connectivity index (χ0n) is 9.36. The van der Waals surface area contributed by atoms with E-state index in [0.29, 0.717) is 0 Å². The highest BCUT2D eigenvalue weighted by Crippen LogP contribution is 2.29. The van der Waals surface area contributed by atoms with E-state index in [0.717, 1.165) is 30.3 Å². The first kappa shape index (κ1) is 12.9. The zero-order valence-corrected chi connectivity index (χ0v) is 9.36. The number of hydrogen-bond acceptors (Lipinski definition) is 2. The van der Waals surface area contributed by atoms with E-state index in [1.807, 2.05) is 0 Å². The van der Waals surface area contributed by atoms with Crippen molar-refractivity contribution in [2.45, 2.75) is 0 Å². The van der Waals surface area contributed by atoms with Crippen LogP contribution in [0.3, 0.4) is 0 Å². The molecule has 2 aromatic carbocycles. The normalized spacial score (nSPS) is 10.3. The summed E-state index contributed by atoms with van der Waals surface area (Å²) in [6.45, 7) is 0. The summed E-state index contributed by atoms with van der Waals surface area (Å²) in [5.74, 6) is -5.16. The summed E-state index contributed by atoms with van der Waals surface area (Å²) in [5, 5.41) is 8.86. The van der Waals surface area contributed by atoms with Crippen molar-refractivity contribution in [1.29, 1.82) is 0 Å². The molecular formula is C13H7F3O3. The van der Waals surface area contributed by atoms with Crippen molar-refractivity contribution in [3.8, 4) is 11.5 Å². The molecule has 0 aliphatic carbocycles. The van der Waals surface area contributed by atoms with E-state index < -0.39 is 40.5 Å². The number of carbonyl (C=O) groups is 1. The third-order valence-electron chi connectivity index (χ3n) is 2.30. The van der Waals surface area contributed by atoms with Gasteiger partial charge in [0.2, 0.25) is 0 Å². The Bertz CT molecular complexity index is 641. The second-order valence-corrected chi connectivity index (χ2v) is 3.59. The lowest BCUT2D eigenvalue weighted by Crippen LogP contribution is -2.04. The summed E-state index contributed by atoms with van der Waals surface area (Å²) in [5.41, 5.74) is -0.744. The standard InChI is InChI=1S/C13H7F3O3/c14-7-4-5-8(15)11(6-7)19-10-3-1-2-9(16)12(10)13(17)18/h1-6H,(H,17,18). The van der Waals surface area contributed by atoms with Gasteiger partial charge in [-0.25, -0.2) is 18.0 Å². The lowest BCUT2D eigenvalue weighted by Gasteiger charge is -2.09. The third kappa shape index (κ3) is 2.67. The Kier molecular flexibility index (Phi) is 3.41. The molecule has 3 nitrogen and oxygen atoms in total. The molecule has 0 bridgehead atoms. The maximum absolute atomic E-state index is 13.4. The molecule has 0 aliphatic heterocycles. The highest BCUT2D eigenvalue weighted by atomic mass is 19.1. The summed E-state index contributed by atoms with van der Waals surface area (Å²) in [6.07, 6.45) is 0. The average molecular weight is 268 g/mol. The van der Waals surface area contributed by atoms with Crippen LogP contribution >= 0.6 is 0 Å². The molecule has 98 valence electrons. The minimum Gasteiger partial charge on any atom is -0.477 e. The largest absolute Gasteiger partial charge is 0.477 e. The fourth-order valence-corrected chi connectivity index (χ4v) is 1.47. The van der Waals surface area contributed by atoms with Gasteiger partial charge in [-0.2, -0.15) is 0 Å². The van der Waals surface area contributed by atoms with E-state index in [2.05, 4.69) is 0 Å². The maximum Gasteiger partial charge on any atom is 0.342 e. The van der Waals surface area contributed by atoms with Gasteiger partial charge >= 0.3 is 5.97 Å². The molecule has 0 aliphatic rings. The van der Waals surface area contributed by atoms with Gasteiger partial charge in [-0.1, -0.05) is 6.07 Å². The maximum atomic E-state index is 13.4. The molecule has 0 atom stereocenters. The molecule has 0 amide bonds. The Morgan fingerprint density at radius 2 is 1.74 bits per heavy atom. The molecule has 0 unspecified atom stereocenters. The van der Waals surface area contributed by atoms with Crippen molar-refractivity contribution in [3.05, 3.63) is 59.4 Å². The smallest absolute Gasteiger partial charge is 0.342 e. The van der Waals surface area contributed by atoms with Crippen LogP contribution in [0.1, 0.15) is 10.4 Å². The van der Waals surface area contributed by atoms with Crippen LogP contribution in [0.2, 0.25) is 0 Å². The Balaban J connectivity index is 2.46. The van der Waals surface area contributed by atoms with E-state index >= 15 is 0 Å². The topological polar surface area (TPSA) is 46.5 Å². The van der Waals surface area contributed by atoms with Crippen LogP contribution in [-0.2, 0) is 0 Å². The number of ether oxygens (including phenoxy) is 1. The third-order valence-corrected chi connectivity index (χ3v) is 2.30. The second kappa shape index (κ2) is 5.01. The second-order valence-electron chi connectivity index (χ2n) is 3.59. The van der Waals surface area contributed by atoms with Crippen LogP contribution in [0.5, 0.6) is 11.5 Å². The zero-order chi connectivity index (χ0) is 14.0. The number of aromatic carboxylic acids is 1. The highest BCUT2D eigenvalue weighted by Gasteiger charge is 2.18. The molecule has 0 saturated carbocycles. The van der Waals surface area contributed by atoms with Crippen LogP contribution in [0.25, 0.3) is 0 Å². The van der Waals surface area contributed by atoms with Crippen molar-refractivity contribution >= 4 is 5.97 Å². The molecule has 19 heavy (non-hydrogen) atoms. The van der Waals surface area contributed by atoms with Gasteiger partial charge in [0.25, 0.3) is 0 Å². The predicted octanol–water partition coefficient (Wildman–Crippen LogP) is 3.59. The van der Waals surface area contributed by atoms with E-state index in [-0.39, 0.29) is 0 Å². The van der Waals surface area contributed by atoms with Crippen molar-refractivity contribution in [1.82, 2.24) is 0 Å². The van der Waals surface area contributed by atoms with E-state index in [9.17, 15) is 18.0 Å². The fourth-order valence-electron chi connectivity index (χ4n) is 1.47. The van der Waals surface area contributed by atoms with Crippen LogP contribution in [0, 0.1) is 17.5 Å². The molecule has 2 rings (SSSR count). The number of halogens is 3. The van der Waals surface area contributed by atoms with Crippen LogP contribution in [0.4, 0.5) is 13.2 Å². The molecule has 0 radical (unpaired) electrons. The van der Waals surface area contributed by atoms with Crippen molar-refractivity contribution in [3.63, 3.8) is 0 Å². The molecule has 1 N–H and O–H groups in total. The number of carboxylic acids is 1. The Hall–Kier alpha value is -2.50. The Morgan fingerprint density at radius 1 is 1.00 bits per heavy atom. The van der Waals surface area contributed by atoms with Gasteiger partial charge in [0, 0.05) is 6.07 Å². The van der Waals surface area contributed by atoms with E-state index in [1.54, 1.807) is 0 Å². The quantitative estimate of drug-likeness (QED) is 0.925. The predicted molar refractivity (Wildman–Crippen MR) is 59.8 cm³/mol. The molecule has 0 heterocycles. The van der Waals surface area contributed by atoms with E-state index in [4.69, 9.17) is 9.84 Å². The first-order valence-electron chi connectivity index (χ1n) is 5.13. The monoisotopic (exact) mass is 268 g/mol. The molecule has 6 heteroatoms. The summed E-state index contributed by atoms with van der Waals surface area (Å²) in [6, 6.07) is 5.73. The Labute approximate surface area is 105 Å². The van der Waals surface area contributed by atoms with Crippen molar-refractivity contribution < 1.29 is 27.8 Å². The number of hydrogen-bond donors (Lipinski definition) is 1. The molecular weight excluding hydrogens is 261 g/mol. The average Bonchev–Trinajstić information content (AvgIpc) is 2.33. The van der Waals surface area contributed by atoms with Crippen molar-refractivity contribution in [2.24, 2.45) is 0 Å². The first-order valence-corrected chi connectivity index (χ1v) is 5.13. The summed E-state index contributed by atoms with van der Waals surface area (Å²) >= 11 is 0. The lowest BCUT2D eigenvalue weighted by atomic mass is 10.2. The lowest BCUT2D eigenvalue weighted by molar-refractivity contribution is 0.0689. The number of benzene rings is 2. The summed E-state index contributed by atoms with van der Waals surface area (Å²) < 4.78 is 44.6. The SMILES string of the molecule is O=C(O)c1c(F)cccc1Oc1cc(F)ccc1F. The minimum atomic E-state index is -1.56. The molecule has 0 fully saturated rings. The molecule has 0 aromatic heterocycles. The summed E-state index contributed by atoms with van der Waals surface area (Å²) in [4.78, 5) is 10.9. The van der Waals surface area contributed by atoms with Gasteiger partial charge < -0.3 is 9.84 Å². The fraction of sp³-hybridized carbons (Fsp3) is 0. The van der Waals surface area contributed by atoms with Crippen LogP contribution in [0.15, 0.2) is 36.4 Å². The Morgan fingerprint density at radius 3 is 2.42 bits per heavy atom. The van der Waals surface area contributed by atoms with Gasteiger partial charge in [0.05, 0.1) is 0 Å². The molecule has 0 saturated heterocycles. The van der Waals surface area contributed by atoms with Gasteiger partial charge in [-0.15, -0.1) is 0 Å². The van der Waals surface area contributed by atoms with Gasteiger partial charge in [-0.3, -0.25) is 0 Å². The van der Waals surface area contributed by atoms with Gasteiger partial charge in [-0.05, 0) is 24.3 Å². The van der Waals surface area contributed by atoms with Crippen LogP contribution < -0.4 is 4.74 Å². The van der Waals surface area contributed by atoms with Crippen molar-refractivity contribution in [2.75, 3.05) is 0 Å². The minimum absolute atomic E-state index is 0.406. The summed E-state index contributed by atoms with van der Waals surface area (Å²) in [7, 11) is 0. The highest BCUT2D eigenvalue weighted by molar-refractivity contribution is 5.91. The van der Waals surface area contributed by atoms with Gasteiger partial charge in [0.15, 0.2) is 11.6 Å². The number of rotatable bonds is 3. The van der Waals surface area contributed by atoms with E-state index in [1.165, 1.54) is 6.07 Å². The number of carboxylic acid groups (broad SMARTS) is 1. The molecule has 2 aromatic rings. The first-order chi connectivity index (χ1) is 8.99. The van der Waals surface area contributed by atoms with Gasteiger partial charge in [0.1, 0.15) is 22.9 Å².